The van der Waals surface area contributed by atoms with Crippen molar-refractivity contribution >= 4 is 34.8 Å². The van der Waals surface area contributed by atoms with Crippen LogP contribution in [0.2, 0.25) is 5.02 Å². The molecular weight excluding hydrogens is 382 g/mol. The lowest BCUT2D eigenvalue weighted by Gasteiger charge is -2.06. The maximum atomic E-state index is 12.0. The number of aryl methyl sites for hydroxylation is 1. The molecule has 0 spiro atoms. The first-order valence-electron chi connectivity index (χ1n) is 8.34. The number of thiazole rings is 1. The Kier molecular flexibility index (Phi) is 6.21. The number of rotatable bonds is 6. The van der Waals surface area contributed by atoms with Gasteiger partial charge in [0.05, 0.1) is 18.8 Å². The van der Waals surface area contributed by atoms with E-state index < -0.39 is 0 Å². The lowest BCUT2D eigenvalue weighted by molar-refractivity contribution is -0.120. The van der Waals surface area contributed by atoms with Crippen molar-refractivity contribution in [2.75, 3.05) is 6.54 Å². The molecule has 0 saturated carbocycles. The second-order valence-electron chi connectivity index (χ2n) is 5.93. The van der Waals surface area contributed by atoms with Crippen LogP contribution in [-0.2, 0) is 11.3 Å². The van der Waals surface area contributed by atoms with Crippen LogP contribution in [0, 0.1) is 6.92 Å². The minimum Gasteiger partial charge on any atom is -0.349 e. The average molecular weight is 400 g/mol. The fraction of sp³-hybridized carbons (Fsp3) is 0.150. The predicted octanol–water partition coefficient (Wildman–Crippen LogP) is 3.82. The minimum atomic E-state index is -0.322. The Morgan fingerprint density at radius 3 is 2.56 bits per heavy atom. The number of halogens is 1. The predicted molar refractivity (Wildman–Crippen MR) is 108 cm³/mol. The Labute approximate surface area is 166 Å². The number of nitrogens with zero attached hydrogens (tertiary/aromatic N) is 1. The van der Waals surface area contributed by atoms with Crippen molar-refractivity contribution in [3.05, 3.63) is 75.8 Å². The van der Waals surface area contributed by atoms with E-state index in [2.05, 4.69) is 15.6 Å². The molecule has 3 aromatic rings. The van der Waals surface area contributed by atoms with E-state index in [0.717, 1.165) is 21.8 Å². The van der Waals surface area contributed by atoms with Gasteiger partial charge in [0.2, 0.25) is 5.91 Å². The summed E-state index contributed by atoms with van der Waals surface area (Å²) in [5.41, 5.74) is 3.49. The van der Waals surface area contributed by atoms with Gasteiger partial charge in [0, 0.05) is 21.5 Å². The SMILES string of the molecule is Cc1ccccc1-c1nc(CNC(=O)CNC(=O)c2ccc(Cl)cc2)cs1. The first kappa shape index (κ1) is 19.1. The summed E-state index contributed by atoms with van der Waals surface area (Å²) in [6.07, 6.45) is 0. The zero-order valence-electron chi connectivity index (χ0n) is 14.7. The molecule has 0 aliphatic rings. The van der Waals surface area contributed by atoms with Gasteiger partial charge in [-0.1, -0.05) is 35.9 Å². The summed E-state index contributed by atoms with van der Waals surface area (Å²) >= 11 is 7.33. The van der Waals surface area contributed by atoms with E-state index in [9.17, 15) is 9.59 Å². The van der Waals surface area contributed by atoms with Crippen LogP contribution in [-0.4, -0.2) is 23.3 Å². The number of hydrogen-bond acceptors (Lipinski definition) is 4. The summed E-state index contributed by atoms with van der Waals surface area (Å²) in [5, 5.41) is 8.75. The van der Waals surface area contributed by atoms with Gasteiger partial charge in [-0.25, -0.2) is 4.98 Å². The molecule has 0 atom stereocenters. The van der Waals surface area contributed by atoms with E-state index in [1.807, 2.05) is 36.6 Å². The molecule has 27 heavy (non-hydrogen) atoms. The van der Waals surface area contributed by atoms with Gasteiger partial charge < -0.3 is 10.6 Å². The smallest absolute Gasteiger partial charge is 0.251 e. The average Bonchev–Trinajstić information content (AvgIpc) is 3.14. The Balaban J connectivity index is 1.49. The molecule has 2 aromatic carbocycles. The van der Waals surface area contributed by atoms with Crippen LogP contribution in [0.25, 0.3) is 10.6 Å². The van der Waals surface area contributed by atoms with Gasteiger partial charge in [-0.05, 0) is 36.8 Å². The van der Waals surface area contributed by atoms with Crippen molar-refractivity contribution in [2.45, 2.75) is 13.5 Å². The third kappa shape index (κ3) is 5.15. The lowest BCUT2D eigenvalue weighted by Crippen LogP contribution is -2.36. The number of nitrogens with one attached hydrogen (secondary N) is 2. The summed E-state index contributed by atoms with van der Waals surface area (Å²) in [7, 11) is 0. The normalized spacial score (nSPS) is 10.4. The molecule has 0 saturated heterocycles. The van der Waals surface area contributed by atoms with Gasteiger partial charge in [0.15, 0.2) is 0 Å². The summed E-state index contributed by atoms with van der Waals surface area (Å²) in [6.45, 7) is 2.26. The molecule has 3 rings (SSSR count). The Bertz CT molecular complexity index is 954. The van der Waals surface area contributed by atoms with Gasteiger partial charge >= 0.3 is 0 Å². The number of benzene rings is 2. The molecule has 138 valence electrons. The van der Waals surface area contributed by atoms with Crippen LogP contribution in [0.3, 0.4) is 0 Å². The number of carbonyl (C=O) groups excluding carboxylic acids is 2. The van der Waals surface area contributed by atoms with Gasteiger partial charge in [0.25, 0.3) is 5.91 Å². The zero-order chi connectivity index (χ0) is 19.2. The second kappa shape index (κ2) is 8.79. The van der Waals surface area contributed by atoms with Gasteiger partial charge in [-0.15, -0.1) is 11.3 Å². The Morgan fingerprint density at radius 2 is 1.81 bits per heavy atom. The maximum Gasteiger partial charge on any atom is 0.251 e. The number of carbonyl (C=O) groups is 2. The van der Waals surface area contributed by atoms with E-state index in [4.69, 9.17) is 11.6 Å². The van der Waals surface area contributed by atoms with Crippen LogP contribution in [0.5, 0.6) is 0 Å². The molecule has 0 fully saturated rings. The van der Waals surface area contributed by atoms with Crippen LogP contribution in [0.1, 0.15) is 21.6 Å². The van der Waals surface area contributed by atoms with E-state index in [1.165, 1.54) is 0 Å². The molecule has 0 radical (unpaired) electrons. The highest BCUT2D eigenvalue weighted by atomic mass is 35.5. The second-order valence-corrected chi connectivity index (χ2v) is 7.22. The van der Waals surface area contributed by atoms with Gasteiger partial charge in [0.1, 0.15) is 5.01 Å². The van der Waals surface area contributed by atoms with E-state index in [0.29, 0.717) is 17.1 Å². The first-order valence-corrected chi connectivity index (χ1v) is 9.59. The number of hydrogen-bond donors (Lipinski definition) is 2. The number of amides is 2. The van der Waals surface area contributed by atoms with Crippen LogP contribution in [0.4, 0.5) is 0 Å². The molecule has 2 amide bonds. The fourth-order valence-corrected chi connectivity index (χ4v) is 3.48. The Morgan fingerprint density at radius 1 is 1.07 bits per heavy atom. The van der Waals surface area contributed by atoms with Crippen LogP contribution in [0.15, 0.2) is 53.9 Å². The fourth-order valence-electron chi connectivity index (χ4n) is 2.44. The van der Waals surface area contributed by atoms with Crippen molar-refractivity contribution in [1.82, 2.24) is 15.6 Å². The van der Waals surface area contributed by atoms with Crippen molar-refractivity contribution in [3.63, 3.8) is 0 Å². The molecule has 0 unspecified atom stereocenters. The summed E-state index contributed by atoms with van der Waals surface area (Å²) in [4.78, 5) is 28.5. The highest BCUT2D eigenvalue weighted by Crippen LogP contribution is 2.26. The Hall–Kier alpha value is -2.70. The molecule has 7 heteroatoms. The quantitative estimate of drug-likeness (QED) is 0.662. The van der Waals surface area contributed by atoms with Crippen molar-refractivity contribution in [2.24, 2.45) is 0 Å². The molecule has 1 heterocycles. The monoisotopic (exact) mass is 399 g/mol. The van der Waals surface area contributed by atoms with E-state index in [-0.39, 0.29) is 18.4 Å². The summed E-state index contributed by atoms with van der Waals surface area (Å²) < 4.78 is 0. The number of aromatic nitrogens is 1. The first-order chi connectivity index (χ1) is 13.0. The molecule has 2 N–H and O–H groups in total. The third-order valence-corrected chi connectivity index (χ3v) is 5.09. The zero-order valence-corrected chi connectivity index (χ0v) is 16.2. The molecule has 0 aliphatic heterocycles. The molecule has 1 aromatic heterocycles. The van der Waals surface area contributed by atoms with E-state index in [1.54, 1.807) is 35.6 Å². The van der Waals surface area contributed by atoms with E-state index >= 15 is 0 Å². The highest BCUT2D eigenvalue weighted by Gasteiger charge is 2.10. The molecule has 0 aliphatic carbocycles. The standard InChI is InChI=1S/C20H18ClN3O2S/c1-13-4-2-3-5-17(13)20-24-16(12-27-20)10-22-18(25)11-23-19(26)14-6-8-15(21)9-7-14/h2-9,12H,10-11H2,1H3,(H,22,25)(H,23,26). The van der Waals surface area contributed by atoms with Crippen molar-refractivity contribution in [1.29, 1.82) is 0 Å². The summed E-state index contributed by atoms with van der Waals surface area (Å²) in [5.74, 6) is -0.597. The van der Waals surface area contributed by atoms with Crippen molar-refractivity contribution < 1.29 is 9.59 Å². The van der Waals surface area contributed by atoms with Crippen LogP contribution < -0.4 is 10.6 Å². The minimum absolute atomic E-state index is 0.101. The maximum absolute atomic E-state index is 12.0. The van der Waals surface area contributed by atoms with Gasteiger partial charge in [-0.2, -0.15) is 0 Å². The third-order valence-electron chi connectivity index (χ3n) is 3.91. The van der Waals surface area contributed by atoms with Crippen LogP contribution >= 0.6 is 22.9 Å². The largest absolute Gasteiger partial charge is 0.349 e. The highest BCUT2D eigenvalue weighted by molar-refractivity contribution is 7.13. The molecular formula is C20H18ClN3O2S. The molecule has 5 nitrogen and oxygen atoms in total. The van der Waals surface area contributed by atoms with Gasteiger partial charge in [-0.3, -0.25) is 9.59 Å². The topological polar surface area (TPSA) is 71.1 Å². The van der Waals surface area contributed by atoms with Crippen molar-refractivity contribution in [3.8, 4) is 10.6 Å². The molecule has 0 bridgehead atoms. The lowest BCUT2D eigenvalue weighted by atomic mass is 10.1. The summed E-state index contributed by atoms with van der Waals surface area (Å²) in [6, 6.07) is 14.5.